The van der Waals surface area contributed by atoms with E-state index < -0.39 is 0 Å². The number of allylic oxidation sites excluding steroid dienone is 2. The Morgan fingerprint density at radius 1 is 1.05 bits per heavy atom. The van der Waals surface area contributed by atoms with Crippen molar-refractivity contribution in [2.45, 2.75) is 140 Å². The van der Waals surface area contributed by atoms with Gasteiger partial charge in [0, 0.05) is 30.4 Å². The third kappa shape index (κ3) is 11.2. The van der Waals surface area contributed by atoms with Crippen LogP contribution in [0.4, 0.5) is 0 Å². The average Bonchev–Trinajstić information content (AvgIpc) is 3.25. The summed E-state index contributed by atoms with van der Waals surface area (Å²) in [7, 11) is 1.45. The maximum atomic E-state index is 11.4. The van der Waals surface area contributed by atoms with Crippen molar-refractivity contribution < 1.29 is 28.5 Å². The van der Waals surface area contributed by atoms with Crippen LogP contribution in [0.1, 0.15) is 111 Å². The highest BCUT2D eigenvalue weighted by atomic mass is 79.9. The number of rotatable bonds is 16. The zero-order valence-electron chi connectivity index (χ0n) is 25.5. The van der Waals surface area contributed by atoms with Crippen molar-refractivity contribution >= 4 is 21.9 Å². The lowest BCUT2D eigenvalue weighted by Crippen LogP contribution is -2.37. The molecule has 0 radical (unpaired) electrons. The molecule has 0 bridgehead atoms. The number of hydrogen-bond donors (Lipinski definition) is 0. The third-order valence-electron chi connectivity index (χ3n) is 8.75. The van der Waals surface area contributed by atoms with Gasteiger partial charge < -0.3 is 23.7 Å². The van der Waals surface area contributed by atoms with Crippen molar-refractivity contribution in [1.29, 1.82) is 0 Å². The van der Waals surface area contributed by atoms with Gasteiger partial charge in [-0.15, -0.1) is 0 Å². The van der Waals surface area contributed by atoms with E-state index in [4.69, 9.17) is 23.7 Å². The van der Waals surface area contributed by atoms with Crippen molar-refractivity contribution in [3.63, 3.8) is 0 Å². The highest BCUT2D eigenvalue weighted by Gasteiger charge is 2.42. The molecule has 3 fully saturated rings. The minimum atomic E-state index is -0.142. The summed E-state index contributed by atoms with van der Waals surface area (Å²) < 4.78 is 30.1. The molecule has 2 aliphatic heterocycles. The second-order valence-corrected chi connectivity index (χ2v) is 13.6. The van der Waals surface area contributed by atoms with Gasteiger partial charge in [-0.1, -0.05) is 73.8 Å². The minimum Gasteiger partial charge on any atom is -0.469 e. The molecule has 3 rings (SSSR count). The molecule has 2 saturated heterocycles. The van der Waals surface area contributed by atoms with E-state index in [-0.39, 0.29) is 42.1 Å². The third-order valence-corrected chi connectivity index (χ3v) is 9.81. The van der Waals surface area contributed by atoms with Gasteiger partial charge in [-0.05, 0) is 82.0 Å². The molecule has 0 amide bonds. The van der Waals surface area contributed by atoms with E-state index >= 15 is 0 Å². The van der Waals surface area contributed by atoms with E-state index in [1.807, 2.05) is 0 Å². The fraction of sp³-hybridized carbons (Fsp3) is 0.848. The van der Waals surface area contributed by atoms with Crippen LogP contribution in [0.15, 0.2) is 24.3 Å². The van der Waals surface area contributed by atoms with Crippen LogP contribution in [0.25, 0.3) is 0 Å². The molecule has 2 unspecified atom stereocenters. The summed E-state index contributed by atoms with van der Waals surface area (Å²) in [6.45, 7) is 8.50. The summed E-state index contributed by atoms with van der Waals surface area (Å²) in [6, 6.07) is 0. The molecule has 40 heavy (non-hydrogen) atoms. The second kappa shape index (κ2) is 18.0. The largest absolute Gasteiger partial charge is 0.469 e. The van der Waals surface area contributed by atoms with Gasteiger partial charge in [0.1, 0.15) is 0 Å². The summed E-state index contributed by atoms with van der Waals surface area (Å²) in [6.07, 6.45) is 23.2. The lowest BCUT2D eigenvalue weighted by Gasteiger charge is -2.36. The van der Waals surface area contributed by atoms with Gasteiger partial charge in [-0.25, -0.2) is 0 Å². The summed E-state index contributed by atoms with van der Waals surface area (Å²) in [5.41, 5.74) is 0.0115. The molecular weight excluding hydrogens is 572 g/mol. The van der Waals surface area contributed by atoms with Gasteiger partial charge in [0.05, 0.1) is 19.3 Å². The van der Waals surface area contributed by atoms with Gasteiger partial charge >= 0.3 is 5.97 Å². The molecule has 7 atom stereocenters. The first-order valence-corrected chi connectivity index (χ1v) is 16.8. The first-order chi connectivity index (χ1) is 19.3. The van der Waals surface area contributed by atoms with Gasteiger partial charge in [0.25, 0.3) is 0 Å². The van der Waals surface area contributed by atoms with E-state index in [9.17, 15) is 4.79 Å². The Morgan fingerprint density at radius 2 is 1.77 bits per heavy atom. The minimum absolute atomic E-state index is 0.0115. The van der Waals surface area contributed by atoms with E-state index in [2.05, 4.69) is 61.0 Å². The van der Waals surface area contributed by atoms with Crippen LogP contribution >= 0.6 is 15.9 Å². The number of carbonyl (C=O) groups is 1. The summed E-state index contributed by atoms with van der Waals surface area (Å²) in [5.74, 6) is 0.527. The van der Waals surface area contributed by atoms with Crippen molar-refractivity contribution in [1.82, 2.24) is 0 Å². The number of esters is 1. The zero-order valence-corrected chi connectivity index (χ0v) is 27.1. The average molecular weight is 628 g/mol. The van der Waals surface area contributed by atoms with Gasteiger partial charge in [-0.3, -0.25) is 4.79 Å². The SMILES string of the molecule is CCCCC(C)(C)[C@@H](C=C[C@@H]1[C@@H](CC=CCCCC(=O)OC)[C@@H](Br)C[C@H]1OC1CCCCO1)OC1CCCCO1. The lowest BCUT2D eigenvalue weighted by molar-refractivity contribution is -0.198. The molecule has 0 aromatic rings. The van der Waals surface area contributed by atoms with Crippen LogP contribution in [0.3, 0.4) is 0 Å². The molecule has 1 aliphatic carbocycles. The Balaban J connectivity index is 1.74. The van der Waals surface area contributed by atoms with Crippen molar-refractivity contribution in [3.05, 3.63) is 24.3 Å². The molecule has 6 nitrogen and oxygen atoms in total. The first-order valence-electron chi connectivity index (χ1n) is 15.9. The predicted octanol–water partition coefficient (Wildman–Crippen LogP) is 8.27. The number of alkyl halides is 1. The van der Waals surface area contributed by atoms with E-state index in [1.54, 1.807) is 0 Å². The Labute approximate surface area is 252 Å². The van der Waals surface area contributed by atoms with Gasteiger partial charge in [0.15, 0.2) is 12.6 Å². The molecule has 2 heterocycles. The Kier molecular flexibility index (Phi) is 15.2. The Morgan fingerprint density at radius 3 is 2.42 bits per heavy atom. The smallest absolute Gasteiger partial charge is 0.305 e. The number of halogens is 1. The summed E-state index contributed by atoms with van der Waals surface area (Å²) in [4.78, 5) is 11.8. The van der Waals surface area contributed by atoms with Crippen LogP contribution < -0.4 is 0 Å². The van der Waals surface area contributed by atoms with Crippen LogP contribution in [0.2, 0.25) is 0 Å². The molecule has 0 N–H and O–H groups in total. The molecule has 3 aliphatic rings. The number of hydrogen-bond acceptors (Lipinski definition) is 6. The fourth-order valence-corrected chi connectivity index (χ4v) is 7.05. The fourth-order valence-electron chi connectivity index (χ4n) is 6.12. The number of methoxy groups -OCH3 is 1. The normalized spacial score (nSPS) is 30.7. The topological polar surface area (TPSA) is 63.2 Å². The van der Waals surface area contributed by atoms with Crippen LogP contribution in [-0.4, -0.2) is 55.9 Å². The van der Waals surface area contributed by atoms with Crippen LogP contribution in [0, 0.1) is 17.3 Å². The maximum absolute atomic E-state index is 11.4. The molecule has 0 aromatic carbocycles. The van der Waals surface area contributed by atoms with Gasteiger partial charge in [0.2, 0.25) is 0 Å². The van der Waals surface area contributed by atoms with E-state index in [0.717, 1.165) is 83.8 Å². The predicted molar refractivity (Wildman–Crippen MR) is 163 cm³/mol. The Hall–Kier alpha value is -0.730. The molecule has 0 aromatic heterocycles. The zero-order chi connectivity index (χ0) is 28.8. The second-order valence-electron chi connectivity index (χ2n) is 12.5. The quantitative estimate of drug-likeness (QED) is 0.0743. The first kappa shape index (κ1) is 33.8. The van der Waals surface area contributed by atoms with E-state index in [1.165, 1.54) is 20.0 Å². The maximum Gasteiger partial charge on any atom is 0.305 e. The van der Waals surface area contributed by atoms with Crippen molar-refractivity contribution in [2.75, 3.05) is 20.3 Å². The van der Waals surface area contributed by atoms with Gasteiger partial charge in [-0.2, -0.15) is 0 Å². The highest BCUT2D eigenvalue weighted by Crippen LogP contribution is 2.44. The highest BCUT2D eigenvalue weighted by molar-refractivity contribution is 9.09. The molecule has 0 spiro atoms. The van der Waals surface area contributed by atoms with Crippen LogP contribution in [-0.2, 0) is 28.5 Å². The number of ether oxygens (including phenoxy) is 5. The number of unbranched alkanes of at least 4 members (excludes halogenated alkanes) is 2. The summed E-state index contributed by atoms with van der Waals surface area (Å²) >= 11 is 4.02. The monoisotopic (exact) mass is 626 g/mol. The lowest BCUT2D eigenvalue weighted by atomic mass is 9.80. The molecular formula is C33H55BrO6. The molecule has 1 saturated carbocycles. The van der Waals surface area contributed by atoms with Crippen molar-refractivity contribution in [2.24, 2.45) is 17.3 Å². The Bertz CT molecular complexity index is 771. The number of carbonyl (C=O) groups excluding carboxylic acids is 1. The van der Waals surface area contributed by atoms with E-state index in [0.29, 0.717) is 17.2 Å². The van der Waals surface area contributed by atoms with Crippen molar-refractivity contribution in [3.8, 4) is 0 Å². The molecule has 7 heteroatoms. The molecule has 230 valence electrons. The summed E-state index contributed by atoms with van der Waals surface area (Å²) in [5, 5.41) is 0. The standard InChI is InChI=1S/C33H55BrO6/c1-5-6-21-33(2,3)29(40-32-18-12-14-23-38-32)20-19-26-25(15-9-7-8-10-16-30(35)36-4)27(34)24-28(26)39-31-17-11-13-22-37-31/h7,9,19-20,25-29,31-32H,5-6,8,10-18,21-24H2,1-4H3/t25-,26-,27+,28-,29-,31?,32?/m1/s1. The van der Waals surface area contributed by atoms with Crippen LogP contribution in [0.5, 0.6) is 0 Å².